The predicted molar refractivity (Wildman–Crippen MR) is 170 cm³/mol. The molecule has 13 heteroatoms. The maximum atomic E-state index is 13.3. The molecule has 1 aliphatic carbocycles. The lowest BCUT2D eigenvalue weighted by Crippen LogP contribution is -2.55. The van der Waals surface area contributed by atoms with Crippen LogP contribution in [0.3, 0.4) is 0 Å². The van der Waals surface area contributed by atoms with Crippen LogP contribution in [0.2, 0.25) is 0 Å². The lowest BCUT2D eigenvalue weighted by Gasteiger charge is -2.42. The Hall–Kier alpha value is -2.91. The summed E-state index contributed by atoms with van der Waals surface area (Å²) < 4.78 is 44.6. The third-order valence-corrected chi connectivity index (χ3v) is 10.8. The molecule has 13 nitrogen and oxygen atoms in total. The van der Waals surface area contributed by atoms with E-state index in [-0.39, 0.29) is 37.1 Å². The summed E-state index contributed by atoms with van der Waals surface area (Å²) in [5, 5.41) is 20.8. The molecule has 5 aliphatic rings. The second kappa shape index (κ2) is 13.1. The van der Waals surface area contributed by atoms with Crippen molar-refractivity contribution in [3.63, 3.8) is 0 Å². The minimum atomic E-state index is -1.40. The Kier molecular flexibility index (Phi) is 9.53. The van der Waals surface area contributed by atoms with Crippen molar-refractivity contribution < 1.29 is 53.0 Å². The maximum Gasteiger partial charge on any atom is 0.331 e. The van der Waals surface area contributed by atoms with E-state index in [9.17, 15) is 19.8 Å². The third kappa shape index (κ3) is 6.53. The number of fused-ring (bicyclic) bond motifs is 5. The first-order valence-electron chi connectivity index (χ1n) is 16.7. The first-order valence-corrected chi connectivity index (χ1v) is 16.7. The molecule has 264 valence electrons. The van der Waals surface area contributed by atoms with Crippen LogP contribution in [0.5, 0.6) is 0 Å². The lowest BCUT2D eigenvalue weighted by atomic mass is 9.61. The lowest BCUT2D eigenvalue weighted by molar-refractivity contribution is -0.277. The second-order valence-corrected chi connectivity index (χ2v) is 14.4. The number of imidazole rings is 1. The molecule has 2 bridgehead atoms. The summed E-state index contributed by atoms with van der Waals surface area (Å²) in [6.07, 6.45) is 7.94. The summed E-state index contributed by atoms with van der Waals surface area (Å²) in [7, 11) is 3.39. The number of carbonyl (C=O) groups is 2. The molecule has 6 rings (SSSR count). The van der Waals surface area contributed by atoms with Crippen LogP contribution in [0.1, 0.15) is 53.2 Å². The number of aliphatic hydroxyl groups excluding tert-OH is 2. The quantitative estimate of drug-likeness (QED) is 0.171. The van der Waals surface area contributed by atoms with E-state index in [4.69, 9.17) is 33.2 Å². The van der Waals surface area contributed by atoms with Crippen LogP contribution < -0.4 is 0 Å². The van der Waals surface area contributed by atoms with Gasteiger partial charge in [-0.3, -0.25) is 4.79 Å². The van der Waals surface area contributed by atoms with E-state index in [1.165, 1.54) is 20.1 Å². The number of aliphatic hydroxyl groups is 2. The van der Waals surface area contributed by atoms with E-state index >= 15 is 0 Å². The van der Waals surface area contributed by atoms with Gasteiger partial charge < -0.3 is 47.9 Å². The Bertz CT molecular complexity index is 1470. The number of nitrogens with zero attached hydrogens (tertiary/aromatic N) is 2. The predicted octanol–water partition coefficient (Wildman–Crippen LogP) is 2.46. The highest BCUT2D eigenvalue weighted by molar-refractivity contribution is 5.86. The van der Waals surface area contributed by atoms with Crippen LogP contribution in [-0.4, -0.2) is 106 Å². The number of methoxy groups -OCH3 is 1. The summed E-state index contributed by atoms with van der Waals surface area (Å²) in [5.74, 6) is -2.11. The number of ether oxygens (including phenoxy) is 7. The Labute approximate surface area is 280 Å². The van der Waals surface area contributed by atoms with Gasteiger partial charge in [-0.1, -0.05) is 19.9 Å². The number of aryl methyl sites for hydroxylation is 1. The van der Waals surface area contributed by atoms with Gasteiger partial charge in [0, 0.05) is 44.8 Å². The summed E-state index contributed by atoms with van der Waals surface area (Å²) in [6, 6.07) is 0. The molecule has 0 spiro atoms. The SMILES string of the molecule is CO[C@]12C=C[C@](C)(O1)[C@@H](OC(=O)/C=C/c1cn(C)cn1)C[C@@H]1[C@H](/C=C\2CO[C@@H]2OC[C@@H](O)[C@@H](O)[C@@H]2OC(C)=O)[C@@H](C(C)C)C[C@H]2O[C@@]12C. The molecule has 1 aromatic heterocycles. The fourth-order valence-electron chi connectivity index (χ4n) is 7.95. The molecular weight excluding hydrogens is 624 g/mol. The molecule has 5 heterocycles. The smallest absolute Gasteiger partial charge is 0.331 e. The summed E-state index contributed by atoms with van der Waals surface area (Å²) >= 11 is 0. The van der Waals surface area contributed by atoms with Crippen LogP contribution in [-0.2, 0) is 49.8 Å². The van der Waals surface area contributed by atoms with E-state index in [2.05, 4.69) is 31.8 Å². The minimum absolute atomic E-state index is 0.0338. The number of rotatable bonds is 9. The normalized spacial score (nSPS) is 43.0. The number of allylic oxidation sites excluding steroid dienone is 1. The van der Waals surface area contributed by atoms with Crippen LogP contribution in [0, 0.1) is 23.7 Å². The fraction of sp³-hybridized carbons (Fsp3) is 0.686. The second-order valence-electron chi connectivity index (χ2n) is 14.4. The Balaban J connectivity index is 1.35. The Morgan fingerprint density at radius 3 is 2.62 bits per heavy atom. The van der Waals surface area contributed by atoms with Crippen molar-refractivity contribution >= 4 is 18.0 Å². The van der Waals surface area contributed by atoms with Gasteiger partial charge in [-0.05, 0) is 62.7 Å². The average molecular weight is 673 g/mol. The number of aromatic nitrogens is 2. The molecule has 1 aromatic rings. The maximum absolute atomic E-state index is 13.3. The van der Waals surface area contributed by atoms with E-state index in [1.807, 2.05) is 26.1 Å². The minimum Gasteiger partial charge on any atom is -0.456 e. The van der Waals surface area contributed by atoms with Gasteiger partial charge in [-0.25, -0.2) is 9.78 Å². The van der Waals surface area contributed by atoms with Crippen LogP contribution in [0.25, 0.3) is 6.08 Å². The summed E-state index contributed by atoms with van der Waals surface area (Å²) in [6.45, 7) is 9.33. The summed E-state index contributed by atoms with van der Waals surface area (Å²) in [4.78, 5) is 29.5. The van der Waals surface area contributed by atoms with Crippen molar-refractivity contribution in [2.45, 2.75) is 101 Å². The zero-order valence-electron chi connectivity index (χ0n) is 28.6. The molecule has 1 saturated carbocycles. The van der Waals surface area contributed by atoms with Gasteiger partial charge in [0.1, 0.15) is 23.9 Å². The fourth-order valence-corrected chi connectivity index (χ4v) is 7.95. The topological polar surface area (TPSA) is 160 Å². The molecule has 2 saturated heterocycles. The number of carbonyl (C=O) groups excluding carboxylic acids is 2. The molecule has 12 atom stereocenters. The van der Waals surface area contributed by atoms with E-state index in [0.29, 0.717) is 23.6 Å². The Morgan fingerprint density at radius 1 is 1.19 bits per heavy atom. The molecular formula is C35H48N2O11. The van der Waals surface area contributed by atoms with Crippen molar-refractivity contribution in [1.82, 2.24) is 9.55 Å². The van der Waals surface area contributed by atoms with Crippen LogP contribution in [0.4, 0.5) is 0 Å². The van der Waals surface area contributed by atoms with Gasteiger partial charge in [-0.2, -0.15) is 0 Å². The van der Waals surface area contributed by atoms with Crippen LogP contribution in [0.15, 0.2) is 42.4 Å². The van der Waals surface area contributed by atoms with Gasteiger partial charge >= 0.3 is 11.9 Å². The van der Waals surface area contributed by atoms with Crippen molar-refractivity contribution in [3.05, 3.63) is 48.1 Å². The molecule has 0 radical (unpaired) electrons. The van der Waals surface area contributed by atoms with Crippen LogP contribution >= 0.6 is 0 Å². The summed E-state index contributed by atoms with van der Waals surface area (Å²) in [5.41, 5.74) is -0.245. The zero-order chi connectivity index (χ0) is 34.6. The Morgan fingerprint density at radius 2 is 1.96 bits per heavy atom. The highest BCUT2D eigenvalue weighted by atomic mass is 16.7. The monoisotopic (exact) mass is 672 g/mol. The molecule has 2 N–H and O–H groups in total. The molecule has 0 unspecified atom stereocenters. The number of esters is 2. The van der Waals surface area contributed by atoms with Crippen molar-refractivity contribution in [3.8, 4) is 0 Å². The number of hydrogen-bond donors (Lipinski definition) is 2. The zero-order valence-corrected chi connectivity index (χ0v) is 28.6. The van der Waals surface area contributed by atoms with E-state index in [1.54, 1.807) is 23.2 Å². The molecule has 0 aromatic carbocycles. The molecule has 48 heavy (non-hydrogen) atoms. The average Bonchev–Trinajstić information content (AvgIpc) is 3.32. The van der Waals surface area contributed by atoms with E-state index < -0.39 is 59.6 Å². The highest BCUT2D eigenvalue weighted by Crippen LogP contribution is 2.60. The highest BCUT2D eigenvalue weighted by Gasteiger charge is 2.66. The number of hydrogen-bond acceptors (Lipinski definition) is 12. The molecule has 4 aliphatic heterocycles. The third-order valence-electron chi connectivity index (χ3n) is 10.8. The van der Waals surface area contributed by atoms with Gasteiger partial charge in [0.2, 0.25) is 5.79 Å². The number of epoxide rings is 1. The van der Waals surface area contributed by atoms with Gasteiger partial charge in [-0.15, -0.1) is 0 Å². The van der Waals surface area contributed by atoms with E-state index in [0.717, 1.165) is 6.42 Å². The standard InChI is InChI=1S/C35H48N2O11/c1-19(2)23-13-28-34(5,47-28)25-14-27(46-29(40)9-8-22-15-37(6)18-36-22)33(4)10-11-35(42-7,48-33)21(12-24(23)25)16-43-32-31(45-20(3)38)30(41)26(39)17-44-32/h8-12,15,18-19,23-28,30-32,39,41H,13-14,16-17H2,1-7H3/b9-8+,21-12-/t23-,24-,25-,26-,27+,28-,30-,31+,32-,33+,34+,35-/m1/s1. The van der Waals surface area contributed by atoms with Crippen molar-refractivity contribution in [2.24, 2.45) is 30.7 Å². The largest absolute Gasteiger partial charge is 0.456 e. The van der Waals surface area contributed by atoms with Gasteiger partial charge in [0.05, 0.1) is 36.9 Å². The molecule has 3 fully saturated rings. The first kappa shape index (κ1) is 34.9. The van der Waals surface area contributed by atoms with Crippen molar-refractivity contribution in [1.29, 1.82) is 0 Å². The van der Waals surface area contributed by atoms with Gasteiger partial charge in [0.25, 0.3) is 0 Å². The molecule has 0 amide bonds. The van der Waals surface area contributed by atoms with Crippen molar-refractivity contribution in [2.75, 3.05) is 20.3 Å². The van der Waals surface area contributed by atoms with Gasteiger partial charge in [0.15, 0.2) is 12.4 Å². The first-order chi connectivity index (χ1) is 22.7.